The molecule has 0 radical (unpaired) electrons. The number of benzene rings is 2. The Kier molecular flexibility index (Phi) is 6.32. The number of nitrogens with zero attached hydrogens (tertiary/aromatic N) is 4. The van der Waals surface area contributed by atoms with Crippen LogP contribution in [0.4, 0.5) is 16.4 Å². The number of piperidine rings is 1. The van der Waals surface area contributed by atoms with Gasteiger partial charge >= 0.3 is 6.01 Å². The SMILES string of the molecule is CC1CC[N+](O)(c2nc(-c3ccc(F)cc3)c(-c3ccnc(N[C@@H](C)c4ccccc4)n3)o2)CC1. The molecule has 35 heavy (non-hydrogen) atoms. The smallest absolute Gasteiger partial charge is 0.390 e. The number of oxazole rings is 1. The number of anilines is 1. The standard InChI is InChI=1S/C27H29FN5O2/c1-18-13-16-33(34,17-14-18)27-32-24(21-8-10-22(28)11-9-21)25(35-27)23-12-15-29-26(31-23)30-19(2)20-6-4-3-5-7-20/h3-12,15,18-19,34H,13-14,16-17H2,1-2H3,(H,29,30,31)/q+1/t18?,19-,33?/m0/s1. The zero-order valence-electron chi connectivity index (χ0n) is 19.9. The molecule has 2 aromatic heterocycles. The summed E-state index contributed by atoms with van der Waals surface area (Å²) in [4.78, 5) is 13.8. The van der Waals surface area contributed by atoms with Crippen molar-refractivity contribution >= 4 is 12.0 Å². The van der Waals surface area contributed by atoms with Gasteiger partial charge in [0.1, 0.15) is 30.3 Å². The van der Waals surface area contributed by atoms with Gasteiger partial charge in [0, 0.05) is 24.6 Å². The molecule has 4 aromatic rings. The van der Waals surface area contributed by atoms with Gasteiger partial charge in [0.2, 0.25) is 5.95 Å². The van der Waals surface area contributed by atoms with E-state index >= 15 is 0 Å². The van der Waals surface area contributed by atoms with Gasteiger partial charge in [-0.05, 0) is 48.7 Å². The largest absolute Gasteiger partial charge is 0.438 e. The summed E-state index contributed by atoms with van der Waals surface area (Å²) in [5, 5.41) is 14.6. The third kappa shape index (κ3) is 4.94. The molecule has 1 saturated heterocycles. The third-order valence-electron chi connectivity index (χ3n) is 6.61. The number of aromatic nitrogens is 3. The summed E-state index contributed by atoms with van der Waals surface area (Å²) < 4.78 is 19.5. The average molecular weight is 475 g/mol. The van der Waals surface area contributed by atoms with Gasteiger partial charge < -0.3 is 9.73 Å². The van der Waals surface area contributed by atoms with Crippen molar-refractivity contribution in [3.63, 3.8) is 0 Å². The van der Waals surface area contributed by atoms with E-state index in [0.29, 0.717) is 47.7 Å². The van der Waals surface area contributed by atoms with Crippen LogP contribution in [0.25, 0.3) is 22.7 Å². The van der Waals surface area contributed by atoms with Gasteiger partial charge in [-0.3, -0.25) is 0 Å². The summed E-state index contributed by atoms with van der Waals surface area (Å²) in [6.45, 7) is 5.27. The first kappa shape index (κ1) is 23.1. The monoisotopic (exact) mass is 474 g/mol. The van der Waals surface area contributed by atoms with E-state index in [2.05, 4.69) is 22.2 Å². The molecule has 0 unspecified atom stereocenters. The van der Waals surface area contributed by atoms with E-state index in [9.17, 15) is 9.60 Å². The Morgan fingerprint density at radius 3 is 2.46 bits per heavy atom. The fourth-order valence-corrected chi connectivity index (χ4v) is 4.35. The molecule has 0 saturated carbocycles. The number of quaternary nitrogens is 1. The van der Waals surface area contributed by atoms with E-state index in [-0.39, 0.29) is 22.5 Å². The summed E-state index contributed by atoms with van der Waals surface area (Å²) in [5.74, 6) is 1.07. The molecule has 1 fully saturated rings. The first-order valence-corrected chi connectivity index (χ1v) is 11.9. The zero-order valence-corrected chi connectivity index (χ0v) is 19.9. The van der Waals surface area contributed by atoms with Gasteiger partial charge in [-0.1, -0.05) is 37.3 Å². The van der Waals surface area contributed by atoms with Crippen molar-refractivity contribution in [3.8, 4) is 22.7 Å². The highest BCUT2D eigenvalue weighted by Gasteiger charge is 2.40. The quantitative estimate of drug-likeness (QED) is 0.322. The number of halogens is 1. The van der Waals surface area contributed by atoms with Gasteiger partial charge in [-0.15, -0.1) is 4.65 Å². The van der Waals surface area contributed by atoms with Crippen molar-refractivity contribution in [3.05, 3.63) is 78.2 Å². The second kappa shape index (κ2) is 9.56. The maximum Gasteiger partial charge on any atom is 0.438 e. The first-order valence-electron chi connectivity index (χ1n) is 11.9. The Hall–Kier alpha value is -3.62. The summed E-state index contributed by atoms with van der Waals surface area (Å²) >= 11 is 0. The van der Waals surface area contributed by atoms with Gasteiger partial charge in [-0.25, -0.2) is 19.6 Å². The molecule has 0 bridgehead atoms. The van der Waals surface area contributed by atoms with Crippen LogP contribution in [0.15, 0.2) is 71.3 Å². The van der Waals surface area contributed by atoms with E-state index in [0.717, 1.165) is 18.4 Å². The third-order valence-corrected chi connectivity index (χ3v) is 6.61. The van der Waals surface area contributed by atoms with E-state index in [1.807, 2.05) is 37.3 Å². The van der Waals surface area contributed by atoms with E-state index in [1.54, 1.807) is 24.4 Å². The highest BCUT2D eigenvalue weighted by Crippen LogP contribution is 2.38. The average Bonchev–Trinajstić information content (AvgIpc) is 3.34. The number of hydrogen-bond acceptors (Lipinski definition) is 6. The predicted octanol–water partition coefficient (Wildman–Crippen LogP) is 6.24. The first-order chi connectivity index (χ1) is 16.9. The molecule has 0 aliphatic carbocycles. The minimum atomic E-state index is -0.361. The van der Waals surface area contributed by atoms with Gasteiger partial charge in [-0.2, -0.15) is 4.98 Å². The van der Waals surface area contributed by atoms with Crippen molar-refractivity contribution < 1.29 is 14.0 Å². The highest BCUT2D eigenvalue weighted by atomic mass is 19.1. The van der Waals surface area contributed by atoms with Crippen molar-refractivity contribution in [2.75, 3.05) is 18.4 Å². The normalized spacial score (nSPS) is 21.0. The predicted molar refractivity (Wildman–Crippen MR) is 133 cm³/mol. The summed E-state index contributed by atoms with van der Waals surface area (Å²) in [5.41, 5.74) is 2.82. The molecular weight excluding hydrogens is 445 g/mol. The summed E-state index contributed by atoms with van der Waals surface area (Å²) in [6.07, 6.45) is 3.41. The van der Waals surface area contributed by atoms with Crippen molar-refractivity contribution in [1.82, 2.24) is 19.6 Å². The number of hydrogen-bond donors (Lipinski definition) is 2. The van der Waals surface area contributed by atoms with Crippen LogP contribution in [0.3, 0.4) is 0 Å². The number of rotatable bonds is 6. The second-order valence-corrected chi connectivity index (χ2v) is 9.28. The molecule has 1 aliphatic rings. The second-order valence-electron chi connectivity index (χ2n) is 9.28. The van der Waals surface area contributed by atoms with E-state index in [1.165, 1.54) is 12.1 Å². The lowest BCUT2D eigenvalue weighted by Crippen LogP contribution is -2.51. The lowest BCUT2D eigenvalue weighted by molar-refractivity contribution is -0.115. The topological polar surface area (TPSA) is 84.1 Å². The number of nitrogens with one attached hydrogen (secondary N) is 1. The van der Waals surface area contributed by atoms with Crippen molar-refractivity contribution in [2.24, 2.45) is 5.92 Å². The van der Waals surface area contributed by atoms with E-state index < -0.39 is 0 Å². The van der Waals surface area contributed by atoms with Crippen LogP contribution in [0.2, 0.25) is 0 Å². The fourth-order valence-electron chi connectivity index (χ4n) is 4.35. The molecule has 3 heterocycles. The summed E-state index contributed by atoms with van der Waals surface area (Å²) in [6, 6.07) is 18.1. The zero-order chi connectivity index (χ0) is 24.4. The Morgan fingerprint density at radius 1 is 1.03 bits per heavy atom. The van der Waals surface area contributed by atoms with Crippen LogP contribution in [0.5, 0.6) is 0 Å². The lowest BCUT2D eigenvalue weighted by atomic mass is 9.99. The van der Waals surface area contributed by atoms with Crippen LogP contribution in [0.1, 0.15) is 38.3 Å². The Labute approximate surface area is 203 Å². The maximum absolute atomic E-state index is 13.6. The van der Waals surface area contributed by atoms with Gasteiger partial charge in [0.25, 0.3) is 0 Å². The molecule has 8 heteroatoms. The van der Waals surface area contributed by atoms with Crippen LogP contribution >= 0.6 is 0 Å². The molecule has 7 nitrogen and oxygen atoms in total. The van der Waals surface area contributed by atoms with Crippen LogP contribution in [0, 0.1) is 11.7 Å². The minimum absolute atomic E-state index is 0.00471. The van der Waals surface area contributed by atoms with Crippen LogP contribution in [-0.4, -0.2) is 33.2 Å². The van der Waals surface area contributed by atoms with Crippen molar-refractivity contribution in [1.29, 1.82) is 0 Å². The lowest BCUT2D eigenvalue weighted by Gasteiger charge is -2.31. The molecular formula is C27H29FN5O2+. The molecule has 1 aliphatic heterocycles. The minimum Gasteiger partial charge on any atom is -0.390 e. The molecule has 1 atom stereocenters. The molecule has 180 valence electrons. The number of hydroxylamine groups is 2. The molecule has 0 amide bonds. The Balaban J connectivity index is 1.52. The molecule has 5 rings (SSSR count). The van der Waals surface area contributed by atoms with Crippen LogP contribution in [-0.2, 0) is 0 Å². The summed E-state index contributed by atoms with van der Waals surface area (Å²) in [7, 11) is 0. The molecule has 2 aromatic carbocycles. The highest BCUT2D eigenvalue weighted by molar-refractivity contribution is 5.76. The molecule has 2 N–H and O–H groups in total. The van der Waals surface area contributed by atoms with Crippen molar-refractivity contribution in [2.45, 2.75) is 32.7 Å². The van der Waals surface area contributed by atoms with Gasteiger partial charge in [0.15, 0.2) is 5.76 Å². The Morgan fingerprint density at radius 2 is 1.74 bits per heavy atom. The fraction of sp³-hybridized carbons (Fsp3) is 0.296. The molecule has 0 spiro atoms. The van der Waals surface area contributed by atoms with Gasteiger partial charge in [0.05, 0.1) is 6.04 Å². The Bertz CT molecular complexity index is 1280. The van der Waals surface area contributed by atoms with Crippen LogP contribution < -0.4 is 9.96 Å². The van der Waals surface area contributed by atoms with E-state index in [4.69, 9.17) is 9.40 Å². The maximum atomic E-state index is 13.6.